The Bertz CT molecular complexity index is 299. The Morgan fingerprint density at radius 2 is 2.11 bits per heavy atom. The van der Waals surface area contributed by atoms with Crippen LogP contribution in [-0.2, 0) is 14.3 Å². The Morgan fingerprint density at radius 1 is 1.50 bits per heavy atom. The molecule has 0 aliphatic carbocycles. The van der Waals surface area contributed by atoms with Crippen LogP contribution in [-0.4, -0.2) is 46.7 Å². The summed E-state index contributed by atoms with van der Waals surface area (Å²) in [5.41, 5.74) is 0. The largest absolute Gasteiger partial charge is 0.480 e. The summed E-state index contributed by atoms with van der Waals surface area (Å²) in [4.78, 5) is 22.5. The Labute approximate surface area is 112 Å². The van der Waals surface area contributed by atoms with Gasteiger partial charge in [-0.3, -0.25) is 4.79 Å². The van der Waals surface area contributed by atoms with Gasteiger partial charge < -0.3 is 15.2 Å². The second-order valence-corrected chi connectivity index (χ2v) is 6.49. The number of ether oxygens (including phenoxy) is 1. The minimum absolute atomic E-state index is 0.0323. The van der Waals surface area contributed by atoms with Crippen LogP contribution >= 0.6 is 11.8 Å². The number of carbonyl (C=O) groups is 2. The SMILES string of the molecule is C=CCOCC(NC(=O)CSC(C)(C)C)C(=O)O. The van der Waals surface area contributed by atoms with Crippen LogP contribution in [0.2, 0.25) is 0 Å². The highest BCUT2D eigenvalue weighted by molar-refractivity contribution is 8.01. The standard InChI is InChI=1S/C12H21NO4S/c1-5-6-17-7-9(11(15)16)13-10(14)8-18-12(2,3)4/h5,9H,1,6-8H2,2-4H3,(H,13,14)(H,15,16). The first-order valence-corrected chi connectivity index (χ1v) is 6.59. The van der Waals surface area contributed by atoms with E-state index in [9.17, 15) is 9.59 Å². The zero-order valence-corrected chi connectivity index (χ0v) is 11.9. The summed E-state index contributed by atoms with van der Waals surface area (Å²) in [7, 11) is 0. The Balaban J connectivity index is 4.11. The van der Waals surface area contributed by atoms with Crippen molar-refractivity contribution in [2.75, 3.05) is 19.0 Å². The van der Waals surface area contributed by atoms with Crippen LogP contribution in [0.15, 0.2) is 12.7 Å². The number of carboxylic acids is 1. The van der Waals surface area contributed by atoms with Crippen LogP contribution in [0, 0.1) is 0 Å². The molecule has 5 nitrogen and oxygen atoms in total. The highest BCUT2D eigenvalue weighted by Crippen LogP contribution is 2.22. The molecule has 0 spiro atoms. The number of carboxylic acid groups (broad SMARTS) is 1. The molecule has 2 N–H and O–H groups in total. The van der Waals surface area contributed by atoms with E-state index in [-0.39, 0.29) is 29.6 Å². The normalized spacial score (nSPS) is 12.8. The summed E-state index contributed by atoms with van der Waals surface area (Å²) in [5.74, 6) is -1.17. The summed E-state index contributed by atoms with van der Waals surface area (Å²) in [6.45, 7) is 9.63. The fourth-order valence-electron chi connectivity index (χ4n) is 0.962. The maximum Gasteiger partial charge on any atom is 0.328 e. The predicted molar refractivity (Wildman–Crippen MR) is 72.8 cm³/mol. The number of thioether (sulfide) groups is 1. The van der Waals surface area contributed by atoms with Crippen LogP contribution in [0.3, 0.4) is 0 Å². The van der Waals surface area contributed by atoms with Crippen molar-refractivity contribution in [1.82, 2.24) is 5.32 Å². The molecular formula is C12H21NO4S. The molecule has 0 saturated carbocycles. The number of aliphatic carboxylic acids is 1. The summed E-state index contributed by atoms with van der Waals surface area (Å²) in [5, 5.41) is 11.4. The summed E-state index contributed by atoms with van der Waals surface area (Å²) in [6.07, 6.45) is 1.52. The molecule has 0 heterocycles. The van der Waals surface area contributed by atoms with Crippen molar-refractivity contribution in [2.24, 2.45) is 0 Å². The molecule has 0 aliphatic rings. The quantitative estimate of drug-likeness (QED) is 0.516. The lowest BCUT2D eigenvalue weighted by Crippen LogP contribution is -2.45. The van der Waals surface area contributed by atoms with Gasteiger partial charge >= 0.3 is 5.97 Å². The summed E-state index contributed by atoms with van der Waals surface area (Å²) >= 11 is 1.46. The van der Waals surface area contributed by atoms with Gasteiger partial charge in [0.25, 0.3) is 0 Å². The first-order chi connectivity index (χ1) is 8.26. The van der Waals surface area contributed by atoms with Gasteiger partial charge in [0, 0.05) is 4.75 Å². The number of amides is 1. The molecule has 1 unspecified atom stereocenters. The van der Waals surface area contributed by atoms with Gasteiger partial charge in [-0.05, 0) is 0 Å². The van der Waals surface area contributed by atoms with Crippen molar-refractivity contribution in [2.45, 2.75) is 31.6 Å². The maximum absolute atomic E-state index is 11.6. The van der Waals surface area contributed by atoms with Crippen molar-refractivity contribution >= 4 is 23.6 Å². The highest BCUT2D eigenvalue weighted by atomic mass is 32.2. The van der Waals surface area contributed by atoms with Crippen molar-refractivity contribution in [1.29, 1.82) is 0 Å². The van der Waals surface area contributed by atoms with Crippen molar-refractivity contribution < 1.29 is 19.4 Å². The van der Waals surface area contributed by atoms with Crippen molar-refractivity contribution in [3.8, 4) is 0 Å². The zero-order chi connectivity index (χ0) is 14.2. The van der Waals surface area contributed by atoms with E-state index < -0.39 is 12.0 Å². The van der Waals surface area contributed by atoms with Crippen LogP contribution in [0.4, 0.5) is 0 Å². The second kappa shape index (κ2) is 8.16. The lowest BCUT2D eigenvalue weighted by atomic mass is 10.3. The monoisotopic (exact) mass is 275 g/mol. The molecule has 0 aromatic carbocycles. The molecule has 0 aliphatic heterocycles. The zero-order valence-electron chi connectivity index (χ0n) is 11.1. The number of hydrogen-bond acceptors (Lipinski definition) is 4. The van der Waals surface area contributed by atoms with Crippen LogP contribution in [0.1, 0.15) is 20.8 Å². The van der Waals surface area contributed by atoms with E-state index in [1.165, 1.54) is 17.8 Å². The highest BCUT2D eigenvalue weighted by Gasteiger charge is 2.21. The van der Waals surface area contributed by atoms with Gasteiger partial charge in [0.1, 0.15) is 0 Å². The second-order valence-electron chi connectivity index (χ2n) is 4.69. The smallest absolute Gasteiger partial charge is 0.328 e. The molecule has 0 aromatic rings. The van der Waals surface area contributed by atoms with Gasteiger partial charge in [0.05, 0.1) is 19.0 Å². The van der Waals surface area contributed by atoms with E-state index in [1.54, 1.807) is 0 Å². The number of hydrogen-bond donors (Lipinski definition) is 2. The maximum atomic E-state index is 11.6. The van der Waals surface area contributed by atoms with Crippen molar-refractivity contribution in [3.05, 3.63) is 12.7 Å². The Kier molecular flexibility index (Phi) is 7.70. The number of rotatable bonds is 8. The molecule has 18 heavy (non-hydrogen) atoms. The van der Waals surface area contributed by atoms with Gasteiger partial charge in [-0.15, -0.1) is 18.3 Å². The lowest BCUT2D eigenvalue weighted by Gasteiger charge is -2.19. The van der Waals surface area contributed by atoms with Gasteiger partial charge in [0.2, 0.25) is 5.91 Å². The van der Waals surface area contributed by atoms with Gasteiger partial charge in [0.15, 0.2) is 6.04 Å². The lowest BCUT2D eigenvalue weighted by molar-refractivity contribution is -0.143. The fraction of sp³-hybridized carbons (Fsp3) is 0.667. The van der Waals surface area contributed by atoms with Crippen LogP contribution in [0.5, 0.6) is 0 Å². The van der Waals surface area contributed by atoms with Gasteiger partial charge in [-0.1, -0.05) is 26.8 Å². The molecule has 0 radical (unpaired) electrons. The van der Waals surface area contributed by atoms with E-state index in [0.29, 0.717) is 0 Å². The third-order valence-electron chi connectivity index (χ3n) is 1.79. The van der Waals surface area contributed by atoms with Gasteiger partial charge in [-0.2, -0.15) is 0 Å². The summed E-state index contributed by atoms with van der Waals surface area (Å²) < 4.78 is 5.00. The molecule has 0 bridgehead atoms. The van der Waals surface area contributed by atoms with E-state index in [4.69, 9.17) is 9.84 Å². The molecule has 0 saturated heterocycles. The van der Waals surface area contributed by atoms with Crippen molar-refractivity contribution in [3.63, 3.8) is 0 Å². The third kappa shape index (κ3) is 9.07. The molecule has 1 atom stereocenters. The van der Waals surface area contributed by atoms with E-state index in [1.807, 2.05) is 20.8 Å². The fourth-order valence-corrected chi connectivity index (χ4v) is 1.61. The summed E-state index contributed by atoms with van der Waals surface area (Å²) in [6, 6.07) is -1.02. The molecule has 104 valence electrons. The molecule has 6 heteroatoms. The molecule has 1 amide bonds. The minimum Gasteiger partial charge on any atom is -0.480 e. The topological polar surface area (TPSA) is 75.6 Å². The third-order valence-corrected chi connectivity index (χ3v) is 3.06. The van der Waals surface area contributed by atoms with E-state index >= 15 is 0 Å². The number of nitrogens with one attached hydrogen (secondary N) is 1. The molecule has 0 aromatic heterocycles. The first-order valence-electron chi connectivity index (χ1n) is 5.61. The average Bonchev–Trinajstić information content (AvgIpc) is 2.24. The molecule has 0 fully saturated rings. The van der Waals surface area contributed by atoms with Crippen LogP contribution < -0.4 is 5.32 Å². The first kappa shape index (κ1) is 17.0. The number of carbonyl (C=O) groups excluding carboxylic acids is 1. The predicted octanol–water partition coefficient (Wildman–Crippen LogP) is 1.29. The van der Waals surface area contributed by atoms with Crippen LogP contribution in [0.25, 0.3) is 0 Å². The average molecular weight is 275 g/mol. The Hall–Kier alpha value is -1.01. The Morgan fingerprint density at radius 3 is 2.56 bits per heavy atom. The van der Waals surface area contributed by atoms with E-state index in [0.717, 1.165) is 0 Å². The van der Waals surface area contributed by atoms with Gasteiger partial charge in [-0.25, -0.2) is 4.79 Å². The molecular weight excluding hydrogens is 254 g/mol. The molecule has 0 rings (SSSR count). The van der Waals surface area contributed by atoms with E-state index in [2.05, 4.69) is 11.9 Å². The minimum atomic E-state index is -1.10.